The number of likely N-dealkylation sites (tertiary alicyclic amines) is 1. The molecule has 2 aromatic carbocycles. The molecule has 2 aliphatic rings. The SMILES string of the molecule is COc1ccc(CN[C@@H](C(=O)N2CCN(C3CCN(C(=O)OC(C)(C)C)C3)CC2)c2ccccc2)cc1. The van der Waals surface area contributed by atoms with E-state index in [4.69, 9.17) is 9.47 Å². The molecular formula is C29H40N4O4. The fourth-order valence-electron chi connectivity index (χ4n) is 4.98. The Kier molecular flexibility index (Phi) is 8.71. The van der Waals surface area contributed by atoms with E-state index >= 15 is 0 Å². The van der Waals surface area contributed by atoms with Crippen molar-refractivity contribution in [2.75, 3.05) is 46.4 Å². The molecule has 200 valence electrons. The largest absolute Gasteiger partial charge is 0.497 e. The van der Waals surface area contributed by atoms with Crippen LogP contribution in [0.15, 0.2) is 54.6 Å². The van der Waals surface area contributed by atoms with Crippen molar-refractivity contribution in [3.63, 3.8) is 0 Å². The number of rotatable bonds is 7. The van der Waals surface area contributed by atoms with Crippen molar-refractivity contribution in [1.82, 2.24) is 20.0 Å². The molecule has 2 fully saturated rings. The van der Waals surface area contributed by atoms with Gasteiger partial charge in [0, 0.05) is 51.9 Å². The van der Waals surface area contributed by atoms with Crippen molar-refractivity contribution in [3.05, 3.63) is 65.7 Å². The monoisotopic (exact) mass is 508 g/mol. The van der Waals surface area contributed by atoms with Gasteiger partial charge in [-0.05, 0) is 50.5 Å². The summed E-state index contributed by atoms with van der Waals surface area (Å²) in [5.74, 6) is 0.912. The highest BCUT2D eigenvalue weighted by molar-refractivity contribution is 5.83. The zero-order valence-corrected chi connectivity index (χ0v) is 22.5. The summed E-state index contributed by atoms with van der Waals surface area (Å²) in [7, 11) is 1.65. The molecular weight excluding hydrogens is 468 g/mol. The van der Waals surface area contributed by atoms with Crippen molar-refractivity contribution in [3.8, 4) is 5.75 Å². The van der Waals surface area contributed by atoms with E-state index < -0.39 is 11.6 Å². The summed E-state index contributed by atoms with van der Waals surface area (Å²) in [5.41, 5.74) is 1.57. The Labute approximate surface area is 220 Å². The smallest absolute Gasteiger partial charge is 0.410 e. The number of nitrogens with one attached hydrogen (secondary N) is 1. The quantitative estimate of drug-likeness (QED) is 0.615. The first-order chi connectivity index (χ1) is 17.7. The summed E-state index contributed by atoms with van der Waals surface area (Å²) in [6.07, 6.45) is 0.695. The fourth-order valence-corrected chi connectivity index (χ4v) is 4.98. The number of methoxy groups -OCH3 is 1. The highest BCUT2D eigenvalue weighted by atomic mass is 16.6. The first kappa shape index (κ1) is 26.9. The third kappa shape index (κ3) is 7.23. The summed E-state index contributed by atoms with van der Waals surface area (Å²) in [6, 6.07) is 17.7. The summed E-state index contributed by atoms with van der Waals surface area (Å²) < 4.78 is 10.8. The average Bonchev–Trinajstić information content (AvgIpc) is 3.40. The van der Waals surface area contributed by atoms with Gasteiger partial charge in [0.1, 0.15) is 17.4 Å². The van der Waals surface area contributed by atoms with Crippen molar-refractivity contribution in [1.29, 1.82) is 0 Å². The van der Waals surface area contributed by atoms with Gasteiger partial charge in [-0.3, -0.25) is 15.0 Å². The number of benzene rings is 2. The number of piperazine rings is 1. The lowest BCUT2D eigenvalue weighted by Crippen LogP contribution is -2.54. The van der Waals surface area contributed by atoms with Crippen molar-refractivity contribution >= 4 is 12.0 Å². The van der Waals surface area contributed by atoms with Gasteiger partial charge >= 0.3 is 6.09 Å². The maximum Gasteiger partial charge on any atom is 0.410 e. The molecule has 0 saturated carbocycles. The van der Waals surface area contributed by atoms with Crippen LogP contribution in [0.4, 0.5) is 4.79 Å². The van der Waals surface area contributed by atoms with Crippen LogP contribution in [0.5, 0.6) is 5.75 Å². The van der Waals surface area contributed by atoms with E-state index in [-0.39, 0.29) is 12.0 Å². The lowest BCUT2D eigenvalue weighted by atomic mass is 10.0. The number of carbonyl (C=O) groups is 2. The minimum atomic E-state index is -0.488. The van der Waals surface area contributed by atoms with Gasteiger partial charge in [0.15, 0.2) is 0 Å². The third-order valence-electron chi connectivity index (χ3n) is 7.01. The lowest BCUT2D eigenvalue weighted by Gasteiger charge is -2.39. The minimum absolute atomic E-state index is 0.0983. The predicted molar refractivity (Wildman–Crippen MR) is 143 cm³/mol. The van der Waals surface area contributed by atoms with E-state index in [1.807, 2.05) is 85.2 Å². The molecule has 2 heterocycles. The molecule has 0 aliphatic carbocycles. The van der Waals surface area contributed by atoms with Crippen molar-refractivity contribution in [2.24, 2.45) is 0 Å². The summed E-state index contributed by atoms with van der Waals surface area (Å²) in [4.78, 5) is 32.3. The lowest BCUT2D eigenvalue weighted by molar-refractivity contribution is -0.135. The zero-order valence-electron chi connectivity index (χ0n) is 22.5. The highest BCUT2D eigenvalue weighted by Gasteiger charge is 2.35. The van der Waals surface area contributed by atoms with E-state index in [9.17, 15) is 9.59 Å². The Balaban J connectivity index is 1.33. The molecule has 0 aromatic heterocycles. The zero-order chi connectivity index (χ0) is 26.4. The van der Waals surface area contributed by atoms with Crippen LogP contribution < -0.4 is 10.1 Å². The average molecular weight is 509 g/mol. The van der Waals surface area contributed by atoms with E-state index in [2.05, 4.69) is 10.2 Å². The van der Waals surface area contributed by atoms with E-state index in [0.717, 1.165) is 36.4 Å². The van der Waals surface area contributed by atoms with E-state index in [0.29, 0.717) is 38.8 Å². The van der Waals surface area contributed by atoms with E-state index in [1.54, 1.807) is 7.11 Å². The Hall–Kier alpha value is -3.10. The second-order valence-corrected chi connectivity index (χ2v) is 10.8. The Morgan fingerprint density at radius 1 is 0.946 bits per heavy atom. The second-order valence-electron chi connectivity index (χ2n) is 10.8. The summed E-state index contributed by atoms with van der Waals surface area (Å²) in [5, 5.41) is 3.49. The molecule has 0 radical (unpaired) electrons. The van der Waals surface area contributed by atoms with Gasteiger partial charge in [0.2, 0.25) is 5.91 Å². The molecule has 2 aromatic rings. The second kappa shape index (κ2) is 12.0. The first-order valence-electron chi connectivity index (χ1n) is 13.2. The van der Waals surface area contributed by atoms with Gasteiger partial charge in [0.05, 0.1) is 7.11 Å². The van der Waals surface area contributed by atoms with Crippen LogP contribution in [-0.4, -0.2) is 84.7 Å². The van der Waals surface area contributed by atoms with Gasteiger partial charge in [-0.15, -0.1) is 0 Å². The van der Waals surface area contributed by atoms with Crippen LogP contribution in [-0.2, 0) is 16.1 Å². The van der Waals surface area contributed by atoms with Crippen molar-refractivity contribution < 1.29 is 19.1 Å². The van der Waals surface area contributed by atoms with Crippen LogP contribution in [0, 0.1) is 0 Å². The van der Waals surface area contributed by atoms with Gasteiger partial charge in [-0.25, -0.2) is 4.79 Å². The molecule has 37 heavy (non-hydrogen) atoms. The van der Waals surface area contributed by atoms with Gasteiger partial charge in [-0.1, -0.05) is 42.5 Å². The number of hydrogen-bond donors (Lipinski definition) is 1. The standard InChI is InChI=1S/C29H40N4O4/c1-29(2,3)37-28(35)33-15-14-24(21-33)31-16-18-32(19-17-31)27(34)26(23-8-6-5-7-9-23)30-20-22-10-12-25(36-4)13-11-22/h5-13,24,26,30H,14-21H2,1-4H3/t24?,26-/m1/s1. The Morgan fingerprint density at radius 3 is 2.24 bits per heavy atom. The summed E-state index contributed by atoms with van der Waals surface area (Å²) >= 11 is 0. The van der Waals surface area contributed by atoms with Crippen LogP contribution in [0.2, 0.25) is 0 Å². The molecule has 8 heteroatoms. The maximum absolute atomic E-state index is 13.7. The molecule has 0 bridgehead atoms. The Morgan fingerprint density at radius 2 is 1.62 bits per heavy atom. The predicted octanol–water partition coefficient (Wildman–Crippen LogP) is 3.68. The van der Waals surface area contributed by atoms with Gasteiger partial charge < -0.3 is 19.3 Å². The normalized spacial score (nSPS) is 19.5. The van der Waals surface area contributed by atoms with Crippen LogP contribution in [0.1, 0.15) is 44.4 Å². The molecule has 2 aliphatic heterocycles. The Bertz CT molecular complexity index is 1030. The van der Waals surface area contributed by atoms with Crippen LogP contribution in [0.3, 0.4) is 0 Å². The third-order valence-corrected chi connectivity index (χ3v) is 7.01. The van der Waals surface area contributed by atoms with Gasteiger partial charge in [0.25, 0.3) is 0 Å². The number of amides is 2. The van der Waals surface area contributed by atoms with Crippen LogP contribution >= 0.6 is 0 Å². The first-order valence-corrected chi connectivity index (χ1v) is 13.2. The number of nitrogens with zero attached hydrogens (tertiary/aromatic N) is 3. The molecule has 8 nitrogen and oxygen atoms in total. The number of ether oxygens (including phenoxy) is 2. The molecule has 0 spiro atoms. The molecule has 4 rings (SSSR count). The molecule has 1 N–H and O–H groups in total. The topological polar surface area (TPSA) is 74.4 Å². The molecule has 2 amide bonds. The molecule has 1 unspecified atom stereocenters. The molecule has 2 atom stereocenters. The number of carbonyl (C=O) groups excluding carboxylic acids is 2. The van der Waals surface area contributed by atoms with Crippen LogP contribution in [0.25, 0.3) is 0 Å². The highest BCUT2D eigenvalue weighted by Crippen LogP contribution is 2.23. The number of hydrogen-bond acceptors (Lipinski definition) is 6. The van der Waals surface area contributed by atoms with Gasteiger partial charge in [-0.2, -0.15) is 0 Å². The van der Waals surface area contributed by atoms with Crippen molar-refractivity contribution in [2.45, 2.75) is 51.4 Å². The molecule has 2 saturated heterocycles. The minimum Gasteiger partial charge on any atom is -0.497 e. The van der Waals surface area contributed by atoms with E-state index in [1.165, 1.54) is 0 Å². The summed E-state index contributed by atoms with van der Waals surface area (Å²) in [6.45, 7) is 10.6. The maximum atomic E-state index is 13.7. The fraction of sp³-hybridized carbons (Fsp3) is 0.517.